The minimum absolute atomic E-state index is 0.204. The van der Waals surface area contributed by atoms with Crippen LogP contribution in [-0.4, -0.2) is 31.7 Å². The van der Waals surface area contributed by atoms with Crippen LogP contribution in [0.1, 0.15) is 30.6 Å². The number of methoxy groups -OCH3 is 1. The van der Waals surface area contributed by atoms with Gasteiger partial charge in [-0.25, -0.2) is 4.79 Å². The number of anilines is 1. The highest BCUT2D eigenvalue weighted by Crippen LogP contribution is 2.23. The molecule has 0 saturated carbocycles. The second-order valence-corrected chi connectivity index (χ2v) is 6.00. The van der Waals surface area contributed by atoms with Gasteiger partial charge in [-0.05, 0) is 55.8 Å². The Balaban J connectivity index is 2.05. The van der Waals surface area contributed by atoms with Crippen LogP contribution in [0.3, 0.4) is 0 Å². The van der Waals surface area contributed by atoms with Gasteiger partial charge in [-0.3, -0.25) is 4.79 Å². The van der Waals surface area contributed by atoms with Gasteiger partial charge in [-0.15, -0.1) is 0 Å². The van der Waals surface area contributed by atoms with Crippen molar-refractivity contribution in [2.45, 2.75) is 26.4 Å². The van der Waals surface area contributed by atoms with E-state index in [1.54, 1.807) is 44.4 Å². The van der Waals surface area contributed by atoms with Crippen molar-refractivity contribution in [3.05, 3.63) is 53.1 Å². The van der Waals surface area contributed by atoms with Crippen molar-refractivity contribution in [2.75, 3.05) is 19.0 Å². The van der Waals surface area contributed by atoms with Crippen LogP contribution in [0.5, 0.6) is 11.5 Å². The van der Waals surface area contributed by atoms with Gasteiger partial charge in [0.25, 0.3) is 5.91 Å². The van der Waals surface area contributed by atoms with Gasteiger partial charge in [0.1, 0.15) is 11.5 Å². The molecule has 1 N–H and O–H groups in total. The molecule has 0 spiro atoms. The third kappa shape index (κ3) is 5.62. The predicted octanol–water partition coefficient (Wildman–Crippen LogP) is 4.32. The van der Waals surface area contributed by atoms with Crippen molar-refractivity contribution in [1.82, 2.24) is 0 Å². The van der Waals surface area contributed by atoms with Crippen molar-refractivity contribution < 1.29 is 23.8 Å². The third-order valence-corrected chi connectivity index (χ3v) is 4.05. The van der Waals surface area contributed by atoms with Gasteiger partial charge in [0, 0.05) is 5.69 Å². The number of amides is 1. The molecular weight excluding hydrogens is 370 g/mol. The van der Waals surface area contributed by atoms with Crippen LogP contribution in [0, 0.1) is 0 Å². The second kappa shape index (κ2) is 9.83. The molecule has 7 heteroatoms. The van der Waals surface area contributed by atoms with E-state index in [2.05, 4.69) is 5.32 Å². The summed E-state index contributed by atoms with van der Waals surface area (Å²) >= 11 is 6.12. The summed E-state index contributed by atoms with van der Waals surface area (Å²) in [6.07, 6.45) is -0.200. The zero-order chi connectivity index (χ0) is 19.8. The van der Waals surface area contributed by atoms with Crippen molar-refractivity contribution in [2.24, 2.45) is 0 Å². The summed E-state index contributed by atoms with van der Waals surface area (Å²) in [5.41, 5.74) is 0.716. The minimum Gasteiger partial charge on any atom is -0.497 e. The maximum atomic E-state index is 12.5. The number of esters is 1. The van der Waals surface area contributed by atoms with E-state index in [1.165, 1.54) is 12.1 Å². The van der Waals surface area contributed by atoms with Crippen LogP contribution < -0.4 is 14.8 Å². The molecule has 0 aliphatic carbocycles. The van der Waals surface area contributed by atoms with E-state index in [0.717, 1.165) is 0 Å². The molecule has 0 saturated heterocycles. The number of hydrogen-bond acceptors (Lipinski definition) is 5. The molecule has 2 aromatic rings. The third-order valence-electron chi connectivity index (χ3n) is 3.73. The maximum Gasteiger partial charge on any atom is 0.339 e. The van der Waals surface area contributed by atoms with Gasteiger partial charge in [-0.1, -0.05) is 18.5 Å². The van der Waals surface area contributed by atoms with Gasteiger partial charge in [0.05, 0.1) is 24.3 Å². The largest absolute Gasteiger partial charge is 0.497 e. The SMILES string of the molecule is CCOC(=O)c1ccc(NC(=O)C(CC)Oc2ccc(OC)cc2)cc1Cl. The van der Waals surface area contributed by atoms with E-state index >= 15 is 0 Å². The molecule has 27 heavy (non-hydrogen) atoms. The molecule has 0 radical (unpaired) electrons. The topological polar surface area (TPSA) is 73.9 Å². The summed E-state index contributed by atoms with van der Waals surface area (Å²) in [5.74, 6) is 0.451. The molecule has 144 valence electrons. The molecule has 0 aliphatic heterocycles. The Morgan fingerprint density at radius 3 is 2.30 bits per heavy atom. The van der Waals surface area contributed by atoms with E-state index < -0.39 is 12.1 Å². The highest BCUT2D eigenvalue weighted by Gasteiger charge is 2.20. The number of carbonyl (C=O) groups is 2. The summed E-state index contributed by atoms with van der Waals surface area (Å²) in [6, 6.07) is 11.6. The van der Waals surface area contributed by atoms with E-state index in [-0.39, 0.29) is 23.1 Å². The number of carbonyl (C=O) groups excluding carboxylic acids is 2. The molecule has 2 rings (SSSR count). The van der Waals surface area contributed by atoms with E-state index in [4.69, 9.17) is 25.8 Å². The Morgan fingerprint density at radius 1 is 1.07 bits per heavy atom. The quantitative estimate of drug-likeness (QED) is 0.678. The first-order valence-electron chi connectivity index (χ1n) is 8.56. The predicted molar refractivity (Wildman–Crippen MR) is 104 cm³/mol. The number of nitrogens with one attached hydrogen (secondary N) is 1. The van der Waals surface area contributed by atoms with Gasteiger partial charge in [-0.2, -0.15) is 0 Å². The number of hydrogen-bond donors (Lipinski definition) is 1. The van der Waals surface area contributed by atoms with E-state index in [9.17, 15) is 9.59 Å². The lowest BCUT2D eigenvalue weighted by molar-refractivity contribution is -0.122. The Morgan fingerprint density at radius 2 is 1.74 bits per heavy atom. The molecule has 0 heterocycles. The molecule has 0 aliphatic rings. The summed E-state index contributed by atoms with van der Waals surface area (Å²) < 4.78 is 15.8. The van der Waals surface area contributed by atoms with Gasteiger partial charge in [0.15, 0.2) is 6.10 Å². The van der Waals surface area contributed by atoms with Crippen LogP contribution in [0.25, 0.3) is 0 Å². The fourth-order valence-corrected chi connectivity index (χ4v) is 2.59. The fourth-order valence-electron chi connectivity index (χ4n) is 2.33. The number of halogens is 1. The van der Waals surface area contributed by atoms with Crippen LogP contribution >= 0.6 is 11.6 Å². The van der Waals surface area contributed by atoms with E-state index in [0.29, 0.717) is 23.6 Å². The monoisotopic (exact) mass is 391 g/mol. The van der Waals surface area contributed by atoms with Gasteiger partial charge < -0.3 is 19.5 Å². The smallest absolute Gasteiger partial charge is 0.339 e. The van der Waals surface area contributed by atoms with Gasteiger partial charge in [0.2, 0.25) is 0 Å². The van der Waals surface area contributed by atoms with Crippen LogP contribution in [0.4, 0.5) is 5.69 Å². The standard InChI is InChI=1S/C20H22ClNO5/c1-4-18(27-15-9-7-14(25-3)8-10-15)19(23)22-13-6-11-16(17(21)12-13)20(24)26-5-2/h6-12,18H,4-5H2,1-3H3,(H,22,23). The fraction of sp³-hybridized carbons (Fsp3) is 0.300. The molecular formula is C20H22ClNO5. The highest BCUT2D eigenvalue weighted by molar-refractivity contribution is 6.34. The lowest BCUT2D eigenvalue weighted by Gasteiger charge is -2.18. The summed E-state index contributed by atoms with van der Waals surface area (Å²) in [4.78, 5) is 24.3. The molecule has 2 aromatic carbocycles. The number of ether oxygens (including phenoxy) is 3. The minimum atomic E-state index is -0.679. The average Bonchev–Trinajstić information content (AvgIpc) is 2.66. The van der Waals surface area contributed by atoms with Gasteiger partial charge >= 0.3 is 5.97 Å². The lowest BCUT2D eigenvalue weighted by Crippen LogP contribution is -2.32. The second-order valence-electron chi connectivity index (χ2n) is 5.59. The molecule has 0 fully saturated rings. The summed E-state index contributed by atoms with van der Waals surface area (Å²) in [6.45, 7) is 3.83. The molecule has 1 amide bonds. The summed E-state index contributed by atoms with van der Waals surface area (Å²) in [7, 11) is 1.58. The van der Waals surface area contributed by atoms with Crippen molar-refractivity contribution in [1.29, 1.82) is 0 Å². The number of benzene rings is 2. The molecule has 0 bridgehead atoms. The Bertz CT molecular complexity index is 791. The van der Waals surface area contributed by atoms with Crippen molar-refractivity contribution in [3.8, 4) is 11.5 Å². The first-order valence-corrected chi connectivity index (χ1v) is 8.94. The Labute approximate surface area is 163 Å². The van der Waals surface area contributed by atoms with Crippen molar-refractivity contribution in [3.63, 3.8) is 0 Å². The highest BCUT2D eigenvalue weighted by atomic mass is 35.5. The zero-order valence-corrected chi connectivity index (χ0v) is 16.2. The Kier molecular flexibility index (Phi) is 7.49. The first kappa shape index (κ1) is 20.6. The van der Waals surface area contributed by atoms with Crippen molar-refractivity contribution >= 4 is 29.2 Å². The Hall–Kier alpha value is -2.73. The molecule has 0 aromatic heterocycles. The number of rotatable bonds is 8. The summed E-state index contributed by atoms with van der Waals surface area (Å²) in [5, 5.41) is 2.95. The molecule has 1 unspecified atom stereocenters. The van der Waals surface area contributed by atoms with Crippen LogP contribution in [-0.2, 0) is 9.53 Å². The first-order chi connectivity index (χ1) is 13.0. The van der Waals surface area contributed by atoms with E-state index in [1.807, 2.05) is 6.92 Å². The molecule has 1 atom stereocenters. The van der Waals surface area contributed by atoms with Crippen LogP contribution in [0.2, 0.25) is 5.02 Å². The zero-order valence-electron chi connectivity index (χ0n) is 15.5. The maximum absolute atomic E-state index is 12.5. The normalized spacial score (nSPS) is 11.4. The van der Waals surface area contributed by atoms with Crippen LogP contribution in [0.15, 0.2) is 42.5 Å². The average molecular weight is 392 g/mol. The lowest BCUT2D eigenvalue weighted by atomic mass is 10.2. The molecule has 6 nitrogen and oxygen atoms in total.